The Bertz CT molecular complexity index is 1960. The van der Waals surface area contributed by atoms with Crippen molar-refractivity contribution in [1.82, 2.24) is 0 Å². The van der Waals surface area contributed by atoms with Crippen LogP contribution in [0.1, 0.15) is 133 Å². The summed E-state index contributed by atoms with van der Waals surface area (Å²) >= 11 is 0. The highest BCUT2D eigenvalue weighted by atomic mass is 32.2. The van der Waals surface area contributed by atoms with Crippen molar-refractivity contribution in [2.24, 2.45) is 5.16 Å². The van der Waals surface area contributed by atoms with Crippen LogP contribution in [0.15, 0.2) is 86.0 Å². The summed E-state index contributed by atoms with van der Waals surface area (Å²) in [6, 6.07) is 19.9. The van der Waals surface area contributed by atoms with Crippen molar-refractivity contribution in [2.75, 3.05) is 13.2 Å². The molecule has 0 amide bonds. The van der Waals surface area contributed by atoms with E-state index < -0.39 is 15.7 Å². The average molecular weight is 743 g/mol. The zero-order chi connectivity index (χ0) is 37.9. The van der Waals surface area contributed by atoms with Gasteiger partial charge in [0.1, 0.15) is 27.7 Å². The normalized spacial score (nSPS) is 11.8. The molecular weight excluding hydrogens is 689 g/mol. The molecule has 0 spiro atoms. The summed E-state index contributed by atoms with van der Waals surface area (Å²) in [7, 11) is -4.35. The first-order chi connectivity index (χ1) is 25.8. The molecule has 0 bridgehead atoms. The van der Waals surface area contributed by atoms with Crippen LogP contribution in [-0.2, 0) is 20.8 Å². The van der Waals surface area contributed by atoms with E-state index in [1.807, 2.05) is 0 Å². The number of oxime groups is 1. The molecule has 0 aliphatic carbocycles. The minimum Gasteiger partial charge on any atom is -0.493 e. The van der Waals surface area contributed by atoms with Gasteiger partial charge < -0.3 is 13.9 Å². The quantitative estimate of drug-likeness (QED) is 0.0300. The van der Waals surface area contributed by atoms with Crippen molar-refractivity contribution >= 4 is 26.8 Å². The fraction of sp³-hybridized carbons (Fsp3) is 0.465. The predicted octanol–water partition coefficient (Wildman–Crippen LogP) is 10.6. The van der Waals surface area contributed by atoms with Crippen LogP contribution < -0.4 is 15.1 Å². The third-order valence-electron chi connectivity index (χ3n) is 9.11. The molecule has 0 saturated heterocycles. The molecule has 1 heterocycles. The van der Waals surface area contributed by atoms with E-state index in [9.17, 15) is 18.5 Å². The molecular formula is C43H54N2O7S. The molecule has 4 rings (SSSR count). The molecule has 4 aromatic rings. The maximum atomic E-state index is 13.6. The molecule has 0 fully saturated rings. The van der Waals surface area contributed by atoms with Crippen molar-refractivity contribution in [1.29, 1.82) is 5.26 Å². The van der Waals surface area contributed by atoms with Gasteiger partial charge in [-0.3, -0.25) is 4.28 Å². The lowest BCUT2D eigenvalue weighted by molar-refractivity contribution is 0.296. The topological polar surface area (TPSA) is 128 Å². The van der Waals surface area contributed by atoms with Crippen molar-refractivity contribution in [3.05, 3.63) is 99.4 Å². The van der Waals surface area contributed by atoms with E-state index >= 15 is 0 Å². The fourth-order valence-electron chi connectivity index (χ4n) is 5.92. The number of unbranched alkanes of at least 4 members (excludes halogenated alkanes) is 11. The molecule has 0 radical (unpaired) electrons. The van der Waals surface area contributed by atoms with Gasteiger partial charge in [-0.15, -0.1) is 0 Å². The lowest BCUT2D eigenvalue weighted by atomic mass is 10.0. The highest BCUT2D eigenvalue weighted by Crippen LogP contribution is 2.32. The third-order valence-corrected chi connectivity index (χ3v) is 10.2. The van der Waals surface area contributed by atoms with E-state index in [0.717, 1.165) is 50.5 Å². The number of benzene rings is 3. The second kappa shape index (κ2) is 21.8. The van der Waals surface area contributed by atoms with Gasteiger partial charge in [-0.2, -0.15) is 13.7 Å². The average Bonchev–Trinajstić information content (AvgIpc) is 3.16. The van der Waals surface area contributed by atoms with Gasteiger partial charge in [0.15, 0.2) is 0 Å². The molecule has 0 unspecified atom stereocenters. The Balaban J connectivity index is 1.56. The van der Waals surface area contributed by atoms with Crippen molar-refractivity contribution < 1.29 is 26.6 Å². The van der Waals surface area contributed by atoms with Crippen LogP contribution in [0.4, 0.5) is 0 Å². The molecule has 3 aromatic carbocycles. The first-order valence-corrected chi connectivity index (χ1v) is 20.7. The Morgan fingerprint density at radius 1 is 0.736 bits per heavy atom. The zero-order valence-electron chi connectivity index (χ0n) is 31.5. The summed E-state index contributed by atoms with van der Waals surface area (Å²) in [5, 5.41) is 13.9. The van der Waals surface area contributed by atoms with Crippen molar-refractivity contribution in [3.8, 4) is 17.6 Å². The van der Waals surface area contributed by atoms with Crippen LogP contribution in [0, 0.1) is 11.3 Å². The van der Waals surface area contributed by atoms with Gasteiger partial charge in [-0.1, -0.05) is 121 Å². The minimum absolute atomic E-state index is 0.0377. The van der Waals surface area contributed by atoms with E-state index in [-0.39, 0.29) is 21.8 Å². The Kier molecular flexibility index (Phi) is 16.9. The van der Waals surface area contributed by atoms with Gasteiger partial charge in [0.25, 0.3) is 0 Å². The number of rotatable bonds is 24. The monoisotopic (exact) mass is 742 g/mol. The number of fused-ring (bicyclic) bond motifs is 1. The highest BCUT2D eigenvalue weighted by molar-refractivity contribution is 7.86. The van der Waals surface area contributed by atoms with Gasteiger partial charge >= 0.3 is 15.7 Å². The molecule has 53 heavy (non-hydrogen) atoms. The Hall–Kier alpha value is -4.62. The fourth-order valence-corrected chi connectivity index (χ4v) is 6.65. The van der Waals surface area contributed by atoms with E-state index in [1.54, 1.807) is 54.6 Å². The minimum atomic E-state index is -4.35. The summed E-state index contributed by atoms with van der Waals surface area (Å²) < 4.78 is 49.9. The maximum absolute atomic E-state index is 13.6. The first kappa shape index (κ1) is 41.1. The second-order valence-corrected chi connectivity index (χ2v) is 14.9. The van der Waals surface area contributed by atoms with Gasteiger partial charge in [0.2, 0.25) is 0 Å². The summed E-state index contributed by atoms with van der Waals surface area (Å²) in [5.74, 6) is 0.969. The lowest BCUT2D eigenvalue weighted by Crippen LogP contribution is -2.17. The Morgan fingerprint density at radius 2 is 1.34 bits per heavy atom. The SMILES string of the molecule is CCCCCCCCCCCCc1ccc(S(=O)(=O)O/N=C(\c2ccc(C#N)cc2)c2cc3c(OCCCC)cc(OCCCC)cc3oc2=O)cc1. The van der Waals surface area contributed by atoms with Gasteiger partial charge in [0.05, 0.1) is 35.8 Å². The van der Waals surface area contributed by atoms with Crippen molar-refractivity contribution in [3.63, 3.8) is 0 Å². The van der Waals surface area contributed by atoms with Crippen LogP contribution in [-0.4, -0.2) is 27.3 Å². The van der Waals surface area contributed by atoms with Crippen LogP contribution in [0.2, 0.25) is 0 Å². The molecule has 0 N–H and O–H groups in total. The lowest BCUT2D eigenvalue weighted by Gasteiger charge is -2.13. The van der Waals surface area contributed by atoms with E-state index in [1.165, 1.54) is 63.5 Å². The smallest absolute Gasteiger partial charge is 0.358 e. The van der Waals surface area contributed by atoms with Gasteiger partial charge in [0, 0.05) is 17.7 Å². The van der Waals surface area contributed by atoms with Crippen LogP contribution >= 0.6 is 0 Å². The molecule has 0 aliphatic rings. The summed E-state index contributed by atoms with van der Waals surface area (Å²) in [5.41, 5.74) is 1.17. The highest BCUT2D eigenvalue weighted by Gasteiger charge is 2.22. The number of nitriles is 1. The Morgan fingerprint density at radius 3 is 1.96 bits per heavy atom. The molecule has 0 saturated carbocycles. The number of hydrogen-bond donors (Lipinski definition) is 0. The van der Waals surface area contributed by atoms with E-state index in [4.69, 9.17) is 18.2 Å². The number of aryl methyl sites for hydroxylation is 1. The van der Waals surface area contributed by atoms with Crippen LogP contribution in [0.3, 0.4) is 0 Å². The molecule has 1 aromatic heterocycles. The maximum Gasteiger partial charge on any atom is 0.358 e. The van der Waals surface area contributed by atoms with Gasteiger partial charge in [-0.05, 0) is 61.6 Å². The predicted molar refractivity (Wildman–Crippen MR) is 210 cm³/mol. The van der Waals surface area contributed by atoms with E-state index in [2.05, 4.69) is 32.0 Å². The molecule has 0 atom stereocenters. The zero-order valence-corrected chi connectivity index (χ0v) is 32.3. The molecule has 10 heteroatoms. The number of hydrogen-bond acceptors (Lipinski definition) is 9. The molecule has 284 valence electrons. The summed E-state index contributed by atoms with van der Waals surface area (Å²) in [6.45, 7) is 7.31. The Labute approximate surface area is 315 Å². The second-order valence-electron chi connectivity index (χ2n) is 13.4. The summed E-state index contributed by atoms with van der Waals surface area (Å²) in [6.07, 6.45) is 17.0. The van der Waals surface area contributed by atoms with Gasteiger partial charge in [-0.25, -0.2) is 4.79 Å². The van der Waals surface area contributed by atoms with Crippen LogP contribution in [0.25, 0.3) is 11.0 Å². The number of ether oxygens (including phenoxy) is 2. The first-order valence-electron chi connectivity index (χ1n) is 19.3. The largest absolute Gasteiger partial charge is 0.493 e. The number of nitrogens with zero attached hydrogens (tertiary/aromatic N) is 2. The molecule has 9 nitrogen and oxygen atoms in total. The standard InChI is InChI=1S/C43H54N2O7S/c1-4-7-10-11-12-13-14-15-16-17-18-33-21-25-37(26-22-33)53(47,48)52-45-42(35-23-19-34(32-44)20-24-35)39-31-38-40(50-28-9-6-3)29-36(49-27-8-5-2)30-41(38)51-43(39)46/h19-26,29-31H,4-18,27-28H2,1-3H3/b45-42+. The van der Waals surface area contributed by atoms with Crippen LogP contribution in [0.5, 0.6) is 11.5 Å². The summed E-state index contributed by atoms with van der Waals surface area (Å²) in [4.78, 5) is 13.5. The van der Waals surface area contributed by atoms with E-state index in [0.29, 0.717) is 41.2 Å². The third kappa shape index (κ3) is 12.8. The van der Waals surface area contributed by atoms with Crippen molar-refractivity contribution in [2.45, 2.75) is 122 Å². The molecule has 0 aliphatic heterocycles.